The maximum Gasteiger partial charge on any atom is 0.175 e. The first-order valence-corrected chi connectivity index (χ1v) is 6.17. The fourth-order valence-corrected chi connectivity index (χ4v) is 2.06. The van der Waals surface area contributed by atoms with Crippen molar-refractivity contribution in [3.05, 3.63) is 52.8 Å². The number of nitrogens with one attached hydrogen (secondary N) is 2. The molecule has 0 atom stereocenters. The maximum absolute atomic E-state index is 9.65. The van der Waals surface area contributed by atoms with E-state index in [9.17, 15) is 5.11 Å². The number of H-pyrrole nitrogens is 2. The summed E-state index contributed by atoms with van der Waals surface area (Å²) in [5.74, 6) is 0.216. The highest BCUT2D eigenvalue weighted by Gasteiger charge is 1.98. The van der Waals surface area contributed by atoms with Gasteiger partial charge in [-0.15, -0.1) is 0 Å². The molecule has 3 rings (SSSR count). The average Bonchev–Trinajstić information content (AvgIpc) is 2.77. The van der Waals surface area contributed by atoms with Crippen molar-refractivity contribution in [1.82, 2.24) is 9.97 Å². The molecule has 2 aromatic carbocycles. The Morgan fingerprint density at radius 1 is 1.05 bits per heavy atom. The first-order chi connectivity index (χ1) is 9.22. The Bertz CT molecular complexity index is 817. The number of phenols is 1. The number of benzene rings is 2. The lowest BCUT2D eigenvalue weighted by molar-refractivity contribution is 0.474. The van der Waals surface area contributed by atoms with Crippen molar-refractivity contribution in [2.45, 2.75) is 0 Å². The number of aromatic amines is 2. The fraction of sp³-hybridized carbons (Fsp3) is 0. The Hall–Kier alpha value is -2.40. The van der Waals surface area contributed by atoms with Gasteiger partial charge in [0.25, 0.3) is 0 Å². The molecule has 0 spiro atoms. The van der Waals surface area contributed by atoms with Crippen molar-refractivity contribution in [3.63, 3.8) is 0 Å². The van der Waals surface area contributed by atoms with Gasteiger partial charge in [0.2, 0.25) is 0 Å². The van der Waals surface area contributed by atoms with Gasteiger partial charge in [-0.1, -0.05) is 12.1 Å². The van der Waals surface area contributed by atoms with Crippen molar-refractivity contribution in [2.75, 3.05) is 0 Å². The van der Waals surface area contributed by atoms with E-state index in [1.807, 2.05) is 24.3 Å². The van der Waals surface area contributed by atoms with Crippen LogP contribution in [0.1, 0.15) is 5.56 Å². The molecule has 4 nitrogen and oxygen atoms in total. The number of phenolic OH excluding ortho intramolecular Hbond substituents is 1. The number of fused-ring (bicyclic) bond motifs is 1. The topological polar surface area (TPSA) is 64.2 Å². The van der Waals surface area contributed by atoms with E-state index < -0.39 is 0 Å². The number of aromatic hydroxyl groups is 1. The predicted molar refractivity (Wildman–Crippen MR) is 78.8 cm³/mol. The molecule has 1 aromatic heterocycles. The minimum atomic E-state index is 0.216. The summed E-state index contributed by atoms with van der Waals surface area (Å²) >= 11 is 5.03. The molecule has 19 heavy (non-hydrogen) atoms. The van der Waals surface area contributed by atoms with Crippen LogP contribution in [0.2, 0.25) is 0 Å². The first kappa shape index (κ1) is 11.7. The predicted octanol–water partition coefficient (Wildman–Crippen LogP) is 3.68. The van der Waals surface area contributed by atoms with Crippen LogP contribution in [0.5, 0.6) is 5.75 Å². The molecule has 3 aromatic rings. The Labute approximate surface area is 114 Å². The summed E-state index contributed by atoms with van der Waals surface area (Å²) in [6, 6.07) is 12.8. The van der Waals surface area contributed by atoms with Gasteiger partial charge in [0, 0.05) is 11.8 Å². The number of hydrogen-bond acceptors (Lipinski definition) is 3. The van der Waals surface area contributed by atoms with Gasteiger partial charge in [0.1, 0.15) is 5.75 Å². The Kier molecular flexibility index (Phi) is 2.89. The molecule has 3 N–H and O–H groups in total. The monoisotopic (exact) mass is 269 g/mol. The third-order valence-corrected chi connectivity index (χ3v) is 2.99. The van der Waals surface area contributed by atoms with Crippen LogP contribution in [0.15, 0.2) is 47.5 Å². The minimum Gasteiger partial charge on any atom is -0.507 e. The molecule has 0 radical (unpaired) electrons. The number of para-hydroxylation sites is 1. The molecule has 5 heteroatoms. The van der Waals surface area contributed by atoms with E-state index in [-0.39, 0.29) is 5.75 Å². The van der Waals surface area contributed by atoms with E-state index in [0.29, 0.717) is 10.3 Å². The second-order valence-electron chi connectivity index (χ2n) is 4.13. The molecule has 0 fully saturated rings. The van der Waals surface area contributed by atoms with Crippen molar-refractivity contribution in [2.24, 2.45) is 4.99 Å². The van der Waals surface area contributed by atoms with Gasteiger partial charge in [0.15, 0.2) is 4.77 Å². The van der Waals surface area contributed by atoms with Gasteiger partial charge in [-0.2, -0.15) is 0 Å². The van der Waals surface area contributed by atoms with Crippen LogP contribution in [0.3, 0.4) is 0 Å². The summed E-state index contributed by atoms with van der Waals surface area (Å²) in [5.41, 5.74) is 3.34. The molecule has 0 bridgehead atoms. The van der Waals surface area contributed by atoms with Gasteiger partial charge in [-0.05, 0) is 42.5 Å². The summed E-state index contributed by atoms with van der Waals surface area (Å²) < 4.78 is 0.594. The SMILES string of the molecule is Oc1ccccc1C=Nc1ccc2[nH]c(=S)[nH]c2c1. The molecule has 0 amide bonds. The number of aromatic nitrogens is 2. The standard InChI is InChI=1S/C14H11N3OS/c18-13-4-2-1-3-9(13)8-15-10-5-6-11-12(7-10)17-14(19)16-11/h1-8,18H,(H2,16,17,19). The fourth-order valence-electron chi connectivity index (χ4n) is 1.84. The summed E-state index contributed by atoms with van der Waals surface area (Å²) in [5, 5.41) is 9.65. The van der Waals surface area contributed by atoms with E-state index in [1.54, 1.807) is 24.4 Å². The lowest BCUT2D eigenvalue weighted by Crippen LogP contribution is -1.80. The molecule has 94 valence electrons. The molecular formula is C14H11N3OS. The van der Waals surface area contributed by atoms with E-state index in [1.165, 1.54) is 0 Å². The van der Waals surface area contributed by atoms with Gasteiger partial charge >= 0.3 is 0 Å². The zero-order valence-electron chi connectivity index (χ0n) is 9.92. The molecule has 1 heterocycles. The Morgan fingerprint density at radius 2 is 1.84 bits per heavy atom. The minimum absolute atomic E-state index is 0.216. The summed E-state index contributed by atoms with van der Waals surface area (Å²) in [6.45, 7) is 0. The van der Waals surface area contributed by atoms with Crippen LogP contribution in [-0.2, 0) is 0 Å². The van der Waals surface area contributed by atoms with Crippen molar-refractivity contribution >= 4 is 35.2 Å². The molecule has 0 aliphatic heterocycles. The van der Waals surface area contributed by atoms with Crippen LogP contribution in [-0.4, -0.2) is 21.3 Å². The summed E-state index contributed by atoms with van der Waals surface area (Å²) in [4.78, 5) is 10.4. The second-order valence-corrected chi connectivity index (χ2v) is 4.53. The number of aliphatic imine (C=N–C) groups is 1. The van der Waals surface area contributed by atoms with Crippen molar-refractivity contribution in [3.8, 4) is 5.75 Å². The van der Waals surface area contributed by atoms with Gasteiger partial charge in [-0.3, -0.25) is 4.99 Å². The summed E-state index contributed by atoms with van der Waals surface area (Å²) in [6.07, 6.45) is 1.64. The van der Waals surface area contributed by atoms with Crippen LogP contribution in [0, 0.1) is 4.77 Å². The Morgan fingerprint density at radius 3 is 2.68 bits per heavy atom. The highest BCUT2D eigenvalue weighted by Crippen LogP contribution is 2.20. The largest absolute Gasteiger partial charge is 0.507 e. The average molecular weight is 269 g/mol. The molecule has 0 aliphatic rings. The lowest BCUT2D eigenvalue weighted by atomic mass is 10.2. The molecule has 0 saturated heterocycles. The smallest absolute Gasteiger partial charge is 0.175 e. The number of rotatable bonds is 2. The van der Waals surface area contributed by atoms with Gasteiger partial charge in [-0.25, -0.2) is 0 Å². The number of imidazole rings is 1. The molecule has 0 saturated carbocycles. The van der Waals surface area contributed by atoms with E-state index >= 15 is 0 Å². The zero-order chi connectivity index (χ0) is 13.2. The van der Waals surface area contributed by atoms with Crippen molar-refractivity contribution < 1.29 is 5.11 Å². The first-order valence-electron chi connectivity index (χ1n) is 5.76. The molecule has 0 unspecified atom stereocenters. The lowest BCUT2D eigenvalue weighted by Gasteiger charge is -1.97. The van der Waals surface area contributed by atoms with Crippen LogP contribution in [0.25, 0.3) is 11.0 Å². The Balaban J connectivity index is 1.97. The zero-order valence-corrected chi connectivity index (χ0v) is 10.7. The van der Waals surface area contributed by atoms with Crippen LogP contribution < -0.4 is 0 Å². The van der Waals surface area contributed by atoms with E-state index in [4.69, 9.17) is 12.2 Å². The van der Waals surface area contributed by atoms with Gasteiger partial charge in [0.05, 0.1) is 16.7 Å². The third kappa shape index (κ3) is 2.41. The highest BCUT2D eigenvalue weighted by atomic mass is 32.1. The second kappa shape index (κ2) is 4.70. The van der Waals surface area contributed by atoms with E-state index in [0.717, 1.165) is 16.7 Å². The van der Waals surface area contributed by atoms with Crippen LogP contribution >= 0.6 is 12.2 Å². The normalized spacial score (nSPS) is 11.4. The third-order valence-electron chi connectivity index (χ3n) is 2.79. The summed E-state index contributed by atoms with van der Waals surface area (Å²) in [7, 11) is 0. The highest BCUT2D eigenvalue weighted by molar-refractivity contribution is 7.71. The molecule has 0 aliphatic carbocycles. The van der Waals surface area contributed by atoms with Crippen LogP contribution in [0.4, 0.5) is 5.69 Å². The maximum atomic E-state index is 9.65. The quantitative estimate of drug-likeness (QED) is 0.491. The number of hydrogen-bond donors (Lipinski definition) is 3. The molecular weight excluding hydrogens is 258 g/mol. The van der Waals surface area contributed by atoms with Gasteiger partial charge < -0.3 is 15.1 Å². The number of nitrogens with zero attached hydrogens (tertiary/aromatic N) is 1. The van der Waals surface area contributed by atoms with Crippen molar-refractivity contribution in [1.29, 1.82) is 0 Å². The van der Waals surface area contributed by atoms with E-state index in [2.05, 4.69) is 15.0 Å².